The first-order chi connectivity index (χ1) is 6.25. The van der Waals surface area contributed by atoms with Gasteiger partial charge in [-0.1, -0.05) is 0 Å². The lowest BCUT2D eigenvalue weighted by Gasteiger charge is -2.09. The van der Waals surface area contributed by atoms with Gasteiger partial charge in [-0.2, -0.15) is 0 Å². The summed E-state index contributed by atoms with van der Waals surface area (Å²) in [6.45, 7) is 4.80. The highest BCUT2D eigenvalue weighted by Gasteiger charge is 2.18. The maximum absolute atomic E-state index is 11.2. The lowest BCUT2D eigenvalue weighted by molar-refractivity contribution is -0.119. The van der Waals surface area contributed by atoms with Crippen LogP contribution in [0.2, 0.25) is 0 Å². The van der Waals surface area contributed by atoms with Gasteiger partial charge in [0.1, 0.15) is 0 Å². The van der Waals surface area contributed by atoms with Crippen molar-refractivity contribution in [2.75, 3.05) is 0 Å². The van der Waals surface area contributed by atoms with Crippen molar-refractivity contribution in [1.82, 2.24) is 4.72 Å². The van der Waals surface area contributed by atoms with Crippen LogP contribution < -0.4 is 10.5 Å². The topological polar surface area (TPSA) is 89.3 Å². The second-order valence-electron chi connectivity index (χ2n) is 3.63. The van der Waals surface area contributed by atoms with Crippen LogP contribution in [0.3, 0.4) is 0 Å². The highest BCUT2D eigenvalue weighted by Crippen LogP contribution is 1.99. The highest BCUT2D eigenvalue weighted by molar-refractivity contribution is 7.90. The van der Waals surface area contributed by atoms with Crippen LogP contribution in [0.25, 0.3) is 0 Å². The van der Waals surface area contributed by atoms with E-state index < -0.39 is 21.2 Å². The van der Waals surface area contributed by atoms with E-state index in [1.165, 1.54) is 13.8 Å². The monoisotopic (exact) mass is 222 g/mol. The van der Waals surface area contributed by atoms with Gasteiger partial charge in [-0.15, -0.1) is 0 Å². The van der Waals surface area contributed by atoms with E-state index in [1.54, 1.807) is 6.92 Å². The van der Waals surface area contributed by atoms with Crippen molar-refractivity contribution in [3.63, 3.8) is 0 Å². The van der Waals surface area contributed by atoms with Gasteiger partial charge in [0.15, 0.2) is 0 Å². The molecule has 1 atom stereocenters. The zero-order valence-electron chi connectivity index (χ0n) is 8.78. The molecule has 1 amide bonds. The predicted molar refractivity (Wildman–Crippen MR) is 55.1 cm³/mol. The molecule has 0 aromatic carbocycles. The number of amides is 1. The first kappa shape index (κ1) is 13.4. The minimum Gasteiger partial charge on any atom is -0.328 e. The smallest absolute Gasteiger partial charge is 0.237 e. The Hall–Kier alpha value is -0.620. The van der Waals surface area contributed by atoms with Crippen molar-refractivity contribution in [3.05, 3.63) is 0 Å². The average molecular weight is 222 g/mol. The molecule has 0 heterocycles. The number of carbonyl (C=O) groups excluding carboxylic acids is 1. The molecule has 84 valence electrons. The summed E-state index contributed by atoms with van der Waals surface area (Å²) in [7, 11) is -3.49. The Morgan fingerprint density at radius 1 is 1.36 bits per heavy atom. The molecule has 1 unspecified atom stereocenters. The molecule has 0 radical (unpaired) electrons. The third-order valence-corrected chi connectivity index (χ3v) is 3.46. The lowest BCUT2D eigenvalue weighted by atomic mass is 10.2. The Balaban J connectivity index is 4.08. The van der Waals surface area contributed by atoms with Gasteiger partial charge in [0.25, 0.3) is 0 Å². The minimum absolute atomic E-state index is 0.0949. The third kappa shape index (κ3) is 5.18. The molecule has 0 fully saturated rings. The minimum atomic E-state index is -3.49. The van der Waals surface area contributed by atoms with Crippen LogP contribution in [0.1, 0.15) is 33.6 Å². The van der Waals surface area contributed by atoms with Gasteiger partial charge < -0.3 is 5.73 Å². The Morgan fingerprint density at radius 2 is 1.86 bits per heavy atom. The van der Waals surface area contributed by atoms with Crippen LogP contribution in [-0.2, 0) is 14.8 Å². The number of hydrogen-bond acceptors (Lipinski definition) is 4. The van der Waals surface area contributed by atoms with E-state index in [9.17, 15) is 13.2 Å². The highest BCUT2D eigenvalue weighted by atomic mass is 32.2. The normalized spacial score (nSPS) is 14.1. The molecule has 5 nitrogen and oxygen atoms in total. The molecule has 0 aliphatic rings. The maximum atomic E-state index is 11.2. The number of nitrogens with one attached hydrogen (secondary N) is 1. The molecule has 0 rings (SSSR count). The van der Waals surface area contributed by atoms with E-state index in [4.69, 9.17) is 5.73 Å². The number of carbonyl (C=O) groups is 1. The summed E-state index contributed by atoms with van der Waals surface area (Å²) in [5.74, 6) is -0.490. The fourth-order valence-electron chi connectivity index (χ4n) is 0.686. The molecule has 0 spiro atoms. The van der Waals surface area contributed by atoms with Crippen molar-refractivity contribution in [3.8, 4) is 0 Å². The summed E-state index contributed by atoms with van der Waals surface area (Å²) in [5.41, 5.74) is 5.43. The van der Waals surface area contributed by atoms with Crippen LogP contribution in [0.5, 0.6) is 0 Å². The fraction of sp³-hybridized carbons (Fsp3) is 0.875. The van der Waals surface area contributed by atoms with Gasteiger partial charge in [0.05, 0.1) is 5.25 Å². The molecule has 0 saturated carbocycles. The zero-order valence-corrected chi connectivity index (χ0v) is 9.60. The Labute approximate surface area is 85.1 Å². The van der Waals surface area contributed by atoms with Crippen molar-refractivity contribution in [2.24, 2.45) is 5.73 Å². The van der Waals surface area contributed by atoms with Crippen molar-refractivity contribution in [1.29, 1.82) is 0 Å². The molecule has 0 aromatic rings. The van der Waals surface area contributed by atoms with E-state index in [0.717, 1.165) is 0 Å². The zero-order chi connectivity index (χ0) is 11.4. The Morgan fingerprint density at radius 3 is 2.21 bits per heavy atom. The molecular weight excluding hydrogens is 204 g/mol. The van der Waals surface area contributed by atoms with Gasteiger partial charge in [0.2, 0.25) is 15.9 Å². The number of nitrogens with two attached hydrogens (primary N) is 1. The van der Waals surface area contributed by atoms with Crippen molar-refractivity contribution < 1.29 is 13.2 Å². The summed E-state index contributed by atoms with van der Waals surface area (Å²) in [6.07, 6.45) is 0.628. The first-order valence-electron chi connectivity index (χ1n) is 4.55. The Kier molecular flexibility index (Phi) is 5.07. The summed E-state index contributed by atoms with van der Waals surface area (Å²) < 4.78 is 24.4. The lowest BCUT2D eigenvalue weighted by Crippen LogP contribution is -2.36. The quantitative estimate of drug-likeness (QED) is 0.683. The largest absolute Gasteiger partial charge is 0.328 e. The van der Waals surface area contributed by atoms with Crippen LogP contribution in [-0.4, -0.2) is 25.6 Å². The molecule has 14 heavy (non-hydrogen) atoms. The van der Waals surface area contributed by atoms with E-state index in [0.29, 0.717) is 6.42 Å². The molecule has 0 aromatic heterocycles. The molecule has 0 bridgehead atoms. The molecule has 6 heteroatoms. The van der Waals surface area contributed by atoms with E-state index >= 15 is 0 Å². The van der Waals surface area contributed by atoms with Gasteiger partial charge in [-0.05, 0) is 27.2 Å². The van der Waals surface area contributed by atoms with Gasteiger partial charge >= 0.3 is 0 Å². The number of rotatable bonds is 5. The summed E-state index contributed by atoms with van der Waals surface area (Å²) >= 11 is 0. The van der Waals surface area contributed by atoms with Crippen LogP contribution >= 0.6 is 0 Å². The van der Waals surface area contributed by atoms with Crippen LogP contribution in [0.15, 0.2) is 0 Å². The third-order valence-electron chi connectivity index (χ3n) is 1.70. The summed E-state index contributed by atoms with van der Waals surface area (Å²) in [6, 6.07) is -0.0949. The van der Waals surface area contributed by atoms with Gasteiger partial charge in [-0.3, -0.25) is 9.52 Å². The van der Waals surface area contributed by atoms with E-state index in [2.05, 4.69) is 0 Å². The second kappa shape index (κ2) is 5.31. The molecule has 0 aliphatic heterocycles. The molecular formula is C8H18N2O3S. The average Bonchev–Trinajstić information content (AvgIpc) is 1.99. The maximum Gasteiger partial charge on any atom is 0.237 e. The number of hydrogen-bond donors (Lipinski definition) is 2. The molecule has 0 aliphatic carbocycles. The van der Waals surface area contributed by atoms with Crippen LogP contribution in [0, 0.1) is 0 Å². The predicted octanol–water partition coefficient (Wildman–Crippen LogP) is -0.0318. The Bertz CT molecular complexity index is 283. The van der Waals surface area contributed by atoms with Crippen molar-refractivity contribution >= 4 is 15.9 Å². The standard InChI is InChI=1S/C8H18N2O3S/c1-6(2)14(12,13)10-8(11)5-4-7(3)9/h6-7H,4-5,9H2,1-3H3,(H,10,11). The van der Waals surface area contributed by atoms with Gasteiger partial charge in [-0.25, -0.2) is 8.42 Å². The van der Waals surface area contributed by atoms with Crippen LogP contribution in [0.4, 0.5) is 0 Å². The molecule has 0 saturated heterocycles. The SMILES string of the molecule is CC(N)CCC(=O)NS(=O)(=O)C(C)C. The van der Waals surface area contributed by atoms with Gasteiger partial charge in [0, 0.05) is 12.5 Å². The summed E-state index contributed by atoms with van der Waals surface area (Å²) in [5, 5.41) is -0.596. The fourth-order valence-corrected chi connectivity index (χ4v) is 1.34. The molecule has 3 N–H and O–H groups in total. The number of sulfonamides is 1. The van der Waals surface area contributed by atoms with E-state index in [-0.39, 0.29) is 12.5 Å². The van der Waals surface area contributed by atoms with Crippen molar-refractivity contribution in [2.45, 2.75) is 44.9 Å². The second-order valence-corrected chi connectivity index (χ2v) is 5.87. The first-order valence-corrected chi connectivity index (χ1v) is 6.10. The summed E-state index contributed by atoms with van der Waals surface area (Å²) in [4.78, 5) is 11.1. The van der Waals surface area contributed by atoms with E-state index in [1.807, 2.05) is 4.72 Å².